The van der Waals surface area contributed by atoms with Crippen LogP contribution in [0.5, 0.6) is 0 Å². The van der Waals surface area contributed by atoms with Crippen molar-refractivity contribution in [2.45, 2.75) is 0 Å². The van der Waals surface area contributed by atoms with Gasteiger partial charge in [0.05, 0.1) is 42.2 Å². The molecule has 0 N–H and O–H groups in total. The maximum absolute atomic E-state index is 12.7. The van der Waals surface area contributed by atoms with E-state index in [1.165, 1.54) is 0 Å². The fourth-order valence-electron chi connectivity index (χ4n) is 3.71. The number of nitrogens with zero attached hydrogens (tertiary/aromatic N) is 5. The first kappa shape index (κ1) is 18.3. The number of rotatable bonds is 4. The normalized spacial score (nSPS) is 14.1. The monoisotopic (exact) mass is 399 g/mol. The summed E-state index contributed by atoms with van der Waals surface area (Å²) in [7, 11) is 0. The van der Waals surface area contributed by atoms with Crippen LogP contribution in [-0.2, 0) is 4.74 Å². The van der Waals surface area contributed by atoms with Crippen molar-refractivity contribution in [2.24, 2.45) is 0 Å². The minimum absolute atomic E-state index is 0.146. The number of ether oxygens (including phenoxy) is 1. The predicted molar refractivity (Wildman–Crippen MR) is 115 cm³/mol. The molecule has 1 fully saturated rings. The fourth-order valence-corrected chi connectivity index (χ4v) is 3.71. The Morgan fingerprint density at radius 2 is 1.57 bits per heavy atom. The molecule has 4 aromatic rings. The SMILES string of the molecule is O=c1ccn(-c2ccccc2N2CCOCC2)nc1-c1ccnn1-c1ccccc1. The molecule has 0 amide bonds. The van der Waals surface area contributed by atoms with Gasteiger partial charge in [-0.3, -0.25) is 4.79 Å². The lowest BCUT2D eigenvalue weighted by Crippen LogP contribution is -2.36. The number of morpholine rings is 1. The maximum atomic E-state index is 12.7. The largest absolute Gasteiger partial charge is 0.378 e. The summed E-state index contributed by atoms with van der Waals surface area (Å²) >= 11 is 0. The van der Waals surface area contributed by atoms with Crippen LogP contribution in [-0.4, -0.2) is 45.9 Å². The molecule has 0 atom stereocenters. The van der Waals surface area contributed by atoms with E-state index in [1.54, 1.807) is 27.8 Å². The van der Waals surface area contributed by atoms with Crippen LogP contribution in [0.4, 0.5) is 5.69 Å². The highest BCUT2D eigenvalue weighted by atomic mass is 16.5. The third-order valence-electron chi connectivity index (χ3n) is 5.17. The standard InChI is InChI=1S/C23H21N5O2/c29-22-11-13-27(20-9-5-4-8-19(20)26-14-16-30-17-15-26)25-23(22)21-10-12-24-28(21)18-6-2-1-3-7-18/h1-13H,14-17H2. The summed E-state index contributed by atoms with van der Waals surface area (Å²) in [5.74, 6) is 0. The molecule has 1 aliphatic heterocycles. The van der Waals surface area contributed by atoms with Crippen LogP contribution < -0.4 is 10.3 Å². The van der Waals surface area contributed by atoms with Crippen LogP contribution in [0.3, 0.4) is 0 Å². The Labute approximate surface area is 173 Å². The van der Waals surface area contributed by atoms with E-state index in [4.69, 9.17) is 9.84 Å². The Morgan fingerprint density at radius 3 is 2.37 bits per heavy atom. The van der Waals surface area contributed by atoms with E-state index in [0.29, 0.717) is 24.6 Å². The minimum atomic E-state index is -0.146. The van der Waals surface area contributed by atoms with Crippen molar-refractivity contribution in [3.05, 3.63) is 89.3 Å². The van der Waals surface area contributed by atoms with Gasteiger partial charge in [-0.1, -0.05) is 30.3 Å². The topological polar surface area (TPSA) is 65.2 Å². The molecule has 0 radical (unpaired) electrons. The summed E-state index contributed by atoms with van der Waals surface area (Å²) < 4.78 is 9.00. The van der Waals surface area contributed by atoms with Gasteiger partial charge in [-0.2, -0.15) is 10.2 Å². The zero-order valence-electron chi connectivity index (χ0n) is 16.4. The molecule has 1 aliphatic rings. The van der Waals surface area contributed by atoms with E-state index in [1.807, 2.05) is 54.6 Å². The first-order valence-electron chi connectivity index (χ1n) is 9.93. The van der Waals surface area contributed by atoms with Gasteiger partial charge < -0.3 is 9.64 Å². The Morgan fingerprint density at radius 1 is 0.833 bits per heavy atom. The van der Waals surface area contributed by atoms with Crippen LogP contribution in [0.25, 0.3) is 22.8 Å². The number of hydrogen-bond donors (Lipinski definition) is 0. The van der Waals surface area contributed by atoms with Gasteiger partial charge in [-0.15, -0.1) is 0 Å². The zero-order chi connectivity index (χ0) is 20.3. The Bertz CT molecular complexity index is 1210. The van der Waals surface area contributed by atoms with E-state index in [9.17, 15) is 4.79 Å². The Hall–Kier alpha value is -3.71. The van der Waals surface area contributed by atoms with Crippen LogP contribution in [0.1, 0.15) is 0 Å². The quantitative estimate of drug-likeness (QED) is 0.528. The van der Waals surface area contributed by atoms with Crippen LogP contribution >= 0.6 is 0 Å². The van der Waals surface area contributed by atoms with Crippen molar-refractivity contribution >= 4 is 5.69 Å². The van der Waals surface area contributed by atoms with E-state index < -0.39 is 0 Å². The van der Waals surface area contributed by atoms with Gasteiger partial charge in [-0.25, -0.2) is 9.36 Å². The maximum Gasteiger partial charge on any atom is 0.209 e. The molecule has 1 saturated heterocycles. The lowest BCUT2D eigenvalue weighted by Gasteiger charge is -2.30. The average Bonchev–Trinajstić information content (AvgIpc) is 3.30. The summed E-state index contributed by atoms with van der Waals surface area (Å²) in [5, 5.41) is 9.12. The minimum Gasteiger partial charge on any atom is -0.378 e. The molecule has 0 saturated carbocycles. The van der Waals surface area contributed by atoms with Gasteiger partial charge in [0.1, 0.15) is 0 Å². The predicted octanol–water partition coefficient (Wildman–Crippen LogP) is 2.92. The van der Waals surface area contributed by atoms with Crippen molar-refractivity contribution < 1.29 is 4.74 Å². The van der Waals surface area contributed by atoms with Crippen molar-refractivity contribution in [1.82, 2.24) is 19.6 Å². The number of hydrogen-bond acceptors (Lipinski definition) is 5. The average molecular weight is 399 g/mol. The highest BCUT2D eigenvalue weighted by Gasteiger charge is 2.18. The molecule has 7 heteroatoms. The van der Waals surface area contributed by atoms with E-state index >= 15 is 0 Å². The second-order valence-electron chi connectivity index (χ2n) is 7.03. The van der Waals surface area contributed by atoms with Crippen molar-refractivity contribution in [2.75, 3.05) is 31.2 Å². The summed E-state index contributed by atoms with van der Waals surface area (Å²) in [6.45, 7) is 3.05. The molecule has 2 aromatic heterocycles. The lowest BCUT2D eigenvalue weighted by atomic mass is 10.2. The number of benzene rings is 2. The third kappa shape index (κ3) is 3.40. The molecular formula is C23H21N5O2. The van der Waals surface area contributed by atoms with E-state index in [2.05, 4.69) is 16.1 Å². The smallest absolute Gasteiger partial charge is 0.209 e. The summed E-state index contributed by atoms with van der Waals surface area (Å²) in [5.41, 5.74) is 3.74. The molecule has 0 unspecified atom stereocenters. The summed E-state index contributed by atoms with van der Waals surface area (Å²) in [4.78, 5) is 15.0. The molecular weight excluding hydrogens is 378 g/mol. The van der Waals surface area contributed by atoms with Gasteiger partial charge in [0.25, 0.3) is 0 Å². The van der Waals surface area contributed by atoms with Crippen molar-refractivity contribution in [3.63, 3.8) is 0 Å². The van der Waals surface area contributed by atoms with Crippen molar-refractivity contribution in [3.8, 4) is 22.8 Å². The molecule has 0 spiro atoms. The van der Waals surface area contributed by atoms with E-state index in [0.717, 1.165) is 30.2 Å². The third-order valence-corrected chi connectivity index (χ3v) is 5.17. The first-order valence-corrected chi connectivity index (χ1v) is 9.93. The van der Waals surface area contributed by atoms with Crippen LogP contribution in [0, 0.1) is 0 Å². The Balaban J connectivity index is 1.60. The van der Waals surface area contributed by atoms with Crippen LogP contribution in [0.2, 0.25) is 0 Å². The highest BCUT2D eigenvalue weighted by molar-refractivity contribution is 5.63. The first-order chi connectivity index (χ1) is 14.8. The molecule has 0 aliphatic carbocycles. The number of aromatic nitrogens is 4. The molecule has 30 heavy (non-hydrogen) atoms. The molecule has 3 heterocycles. The second kappa shape index (κ2) is 7.96. The van der Waals surface area contributed by atoms with Gasteiger partial charge in [-0.05, 0) is 30.3 Å². The van der Waals surface area contributed by atoms with Crippen molar-refractivity contribution in [1.29, 1.82) is 0 Å². The zero-order valence-corrected chi connectivity index (χ0v) is 16.4. The van der Waals surface area contributed by atoms with Crippen LogP contribution in [0.15, 0.2) is 83.9 Å². The number of para-hydroxylation sites is 3. The van der Waals surface area contributed by atoms with Gasteiger partial charge in [0.2, 0.25) is 5.43 Å². The van der Waals surface area contributed by atoms with Gasteiger partial charge in [0.15, 0.2) is 5.69 Å². The number of anilines is 1. The summed E-state index contributed by atoms with van der Waals surface area (Å²) in [6.07, 6.45) is 3.40. The molecule has 5 rings (SSSR count). The molecule has 150 valence electrons. The summed E-state index contributed by atoms with van der Waals surface area (Å²) in [6, 6.07) is 21.2. The highest BCUT2D eigenvalue weighted by Crippen LogP contribution is 2.25. The van der Waals surface area contributed by atoms with E-state index in [-0.39, 0.29) is 5.43 Å². The lowest BCUT2D eigenvalue weighted by molar-refractivity contribution is 0.122. The molecule has 7 nitrogen and oxygen atoms in total. The van der Waals surface area contributed by atoms with Gasteiger partial charge >= 0.3 is 0 Å². The molecule has 0 bridgehead atoms. The molecule has 2 aromatic carbocycles. The fraction of sp³-hybridized carbons (Fsp3) is 0.174. The van der Waals surface area contributed by atoms with Gasteiger partial charge in [0, 0.05) is 25.4 Å². The second-order valence-corrected chi connectivity index (χ2v) is 7.03. The Kier molecular flexibility index (Phi) is 4.86.